The molecule has 0 spiro atoms. The van der Waals surface area contributed by atoms with E-state index in [1.807, 2.05) is 13.0 Å². The van der Waals surface area contributed by atoms with Crippen LogP contribution in [0, 0.1) is 0 Å². The number of carbonyl (C=O) groups is 2. The van der Waals surface area contributed by atoms with Crippen LogP contribution in [0.4, 0.5) is 5.69 Å². The summed E-state index contributed by atoms with van der Waals surface area (Å²) >= 11 is 3.40. The number of halogens is 1. The highest BCUT2D eigenvalue weighted by molar-refractivity contribution is 9.10. The summed E-state index contributed by atoms with van der Waals surface area (Å²) in [6.07, 6.45) is 1.43. The van der Waals surface area contributed by atoms with E-state index in [-0.39, 0.29) is 12.2 Å². The second kappa shape index (κ2) is 7.82. The zero-order chi connectivity index (χ0) is 19.6. The lowest BCUT2D eigenvalue weighted by atomic mass is 9.88. The standard InChI is InChI=1S/C21H22BrNO4/c1-3-4-10-23-18-9-8-15(22)12-17(18)21(26,20(23)25)13-19(24)14-6-5-7-16(11-14)27-2/h5-9,11-12,26H,3-4,10,13H2,1-2H3/t21-/m0/s1. The maximum Gasteiger partial charge on any atom is 0.264 e. The lowest BCUT2D eigenvalue weighted by Gasteiger charge is -2.22. The number of aliphatic hydroxyl groups is 1. The third-order valence-electron chi connectivity index (χ3n) is 4.84. The highest BCUT2D eigenvalue weighted by atomic mass is 79.9. The Balaban J connectivity index is 1.96. The molecule has 1 heterocycles. The largest absolute Gasteiger partial charge is 0.497 e. The van der Waals surface area contributed by atoms with Crippen molar-refractivity contribution in [1.82, 2.24) is 0 Å². The minimum Gasteiger partial charge on any atom is -0.497 e. The van der Waals surface area contributed by atoms with Gasteiger partial charge in [0.25, 0.3) is 5.91 Å². The third-order valence-corrected chi connectivity index (χ3v) is 5.33. The summed E-state index contributed by atoms with van der Waals surface area (Å²) in [6, 6.07) is 12.1. The molecule has 0 fully saturated rings. The first-order valence-corrected chi connectivity index (χ1v) is 9.71. The molecular formula is C21H22BrNO4. The van der Waals surface area contributed by atoms with Crippen molar-refractivity contribution in [1.29, 1.82) is 0 Å². The van der Waals surface area contributed by atoms with Crippen LogP contribution in [0.15, 0.2) is 46.9 Å². The molecule has 1 aliphatic rings. The monoisotopic (exact) mass is 431 g/mol. The van der Waals surface area contributed by atoms with Crippen molar-refractivity contribution in [2.24, 2.45) is 0 Å². The highest BCUT2D eigenvalue weighted by Crippen LogP contribution is 2.44. The first-order chi connectivity index (χ1) is 12.9. The van der Waals surface area contributed by atoms with Gasteiger partial charge in [-0.25, -0.2) is 0 Å². The molecule has 2 aromatic rings. The number of anilines is 1. The number of carbonyl (C=O) groups excluding carboxylic acids is 2. The van der Waals surface area contributed by atoms with Crippen molar-refractivity contribution >= 4 is 33.3 Å². The number of hydrogen-bond donors (Lipinski definition) is 1. The molecule has 1 atom stereocenters. The van der Waals surface area contributed by atoms with Crippen LogP contribution in [0.25, 0.3) is 0 Å². The molecule has 27 heavy (non-hydrogen) atoms. The van der Waals surface area contributed by atoms with Crippen LogP contribution < -0.4 is 9.64 Å². The molecule has 1 aliphatic heterocycles. The van der Waals surface area contributed by atoms with Gasteiger partial charge in [-0.05, 0) is 36.8 Å². The van der Waals surface area contributed by atoms with Crippen LogP contribution in [0.3, 0.4) is 0 Å². The Bertz CT molecular complexity index is 882. The molecule has 0 radical (unpaired) electrons. The summed E-state index contributed by atoms with van der Waals surface area (Å²) in [5, 5.41) is 11.3. The predicted molar refractivity (Wildman–Crippen MR) is 107 cm³/mol. The van der Waals surface area contributed by atoms with Gasteiger partial charge in [-0.15, -0.1) is 0 Å². The molecule has 0 aliphatic carbocycles. The average molecular weight is 432 g/mol. The smallest absolute Gasteiger partial charge is 0.264 e. The van der Waals surface area contributed by atoms with Crippen molar-refractivity contribution in [2.45, 2.75) is 31.8 Å². The number of fused-ring (bicyclic) bond motifs is 1. The van der Waals surface area contributed by atoms with Gasteiger partial charge in [0.15, 0.2) is 11.4 Å². The van der Waals surface area contributed by atoms with Gasteiger partial charge in [-0.3, -0.25) is 9.59 Å². The Kier molecular flexibility index (Phi) is 5.67. The van der Waals surface area contributed by atoms with E-state index in [9.17, 15) is 14.7 Å². The van der Waals surface area contributed by atoms with Gasteiger partial charge in [0, 0.05) is 22.1 Å². The van der Waals surface area contributed by atoms with E-state index in [1.54, 1.807) is 41.3 Å². The second-order valence-electron chi connectivity index (χ2n) is 6.66. The topological polar surface area (TPSA) is 66.8 Å². The van der Waals surface area contributed by atoms with Crippen LogP contribution in [0.2, 0.25) is 0 Å². The number of ether oxygens (including phenoxy) is 1. The minimum absolute atomic E-state index is 0.312. The fourth-order valence-electron chi connectivity index (χ4n) is 3.36. The number of nitrogens with zero attached hydrogens (tertiary/aromatic N) is 1. The van der Waals surface area contributed by atoms with E-state index < -0.39 is 11.5 Å². The SMILES string of the molecule is CCCCN1C(=O)[C@](O)(CC(=O)c2cccc(OC)c2)c2cc(Br)ccc21. The summed E-state index contributed by atoms with van der Waals surface area (Å²) in [4.78, 5) is 27.5. The highest BCUT2D eigenvalue weighted by Gasteiger charge is 2.50. The molecular weight excluding hydrogens is 410 g/mol. The molecule has 0 saturated carbocycles. The van der Waals surface area contributed by atoms with Crippen molar-refractivity contribution in [3.05, 3.63) is 58.1 Å². The van der Waals surface area contributed by atoms with Crippen molar-refractivity contribution in [3.8, 4) is 5.75 Å². The molecule has 1 N–H and O–H groups in total. The molecule has 5 nitrogen and oxygen atoms in total. The van der Waals surface area contributed by atoms with Gasteiger partial charge in [-0.1, -0.05) is 41.4 Å². The van der Waals surface area contributed by atoms with E-state index in [2.05, 4.69) is 15.9 Å². The van der Waals surface area contributed by atoms with Gasteiger partial charge in [0.2, 0.25) is 0 Å². The normalized spacial score (nSPS) is 18.5. The molecule has 1 amide bonds. The number of unbranched alkanes of at least 4 members (excludes halogenated alkanes) is 1. The predicted octanol–water partition coefficient (Wildman–Crippen LogP) is 4.07. The van der Waals surface area contributed by atoms with Gasteiger partial charge in [-0.2, -0.15) is 0 Å². The second-order valence-corrected chi connectivity index (χ2v) is 7.58. The quantitative estimate of drug-likeness (QED) is 0.670. The van der Waals surface area contributed by atoms with Gasteiger partial charge in [0.1, 0.15) is 5.75 Å². The van der Waals surface area contributed by atoms with E-state index in [0.29, 0.717) is 29.1 Å². The van der Waals surface area contributed by atoms with Crippen molar-refractivity contribution in [3.63, 3.8) is 0 Å². The molecule has 0 unspecified atom stereocenters. The summed E-state index contributed by atoms with van der Waals surface area (Å²) in [6.45, 7) is 2.56. The van der Waals surface area contributed by atoms with Gasteiger partial charge < -0.3 is 14.7 Å². The molecule has 3 rings (SSSR count). The Morgan fingerprint density at radius 3 is 2.74 bits per heavy atom. The van der Waals surface area contributed by atoms with Crippen LogP contribution in [0.1, 0.15) is 42.1 Å². The number of rotatable bonds is 7. The van der Waals surface area contributed by atoms with Crippen LogP contribution in [-0.4, -0.2) is 30.5 Å². The van der Waals surface area contributed by atoms with Gasteiger partial charge >= 0.3 is 0 Å². The Morgan fingerprint density at radius 1 is 1.26 bits per heavy atom. The Hall–Kier alpha value is -2.18. The average Bonchev–Trinajstić information content (AvgIpc) is 2.87. The molecule has 0 aromatic heterocycles. The van der Waals surface area contributed by atoms with E-state index in [1.165, 1.54) is 7.11 Å². The lowest BCUT2D eigenvalue weighted by Crippen LogP contribution is -2.42. The molecule has 0 saturated heterocycles. The molecule has 2 aromatic carbocycles. The summed E-state index contributed by atoms with van der Waals surface area (Å²) in [5.74, 6) is -0.202. The number of Topliss-reactive ketones (excluding diaryl/α,β-unsaturated/α-hetero) is 1. The number of hydrogen-bond acceptors (Lipinski definition) is 4. The third kappa shape index (κ3) is 3.64. The summed E-state index contributed by atoms with van der Waals surface area (Å²) < 4.78 is 5.91. The van der Waals surface area contributed by atoms with Crippen LogP contribution >= 0.6 is 15.9 Å². The van der Waals surface area contributed by atoms with E-state index in [0.717, 1.165) is 17.3 Å². The first-order valence-electron chi connectivity index (χ1n) is 8.92. The van der Waals surface area contributed by atoms with Crippen LogP contribution in [-0.2, 0) is 10.4 Å². The van der Waals surface area contributed by atoms with Crippen molar-refractivity contribution < 1.29 is 19.4 Å². The fourth-order valence-corrected chi connectivity index (χ4v) is 3.72. The van der Waals surface area contributed by atoms with Gasteiger partial charge in [0.05, 0.1) is 19.2 Å². The summed E-state index contributed by atoms with van der Waals surface area (Å²) in [5.41, 5.74) is -0.335. The number of benzene rings is 2. The maximum atomic E-state index is 13.1. The van der Waals surface area contributed by atoms with E-state index in [4.69, 9.17) is 4.74 Å². The van der Waals surface area contributed by atoms with Crippen LogP contribution in [0.5, 0.6) is 5.75 Å². The fraction of sp³-hybridized carbons (Fsp3) is 0.333. The maximum absolute atomic E-state index is 13.1. The molecule has 6 heteroatoms. The Labute approximate surface area is 167 Å². The zero-order valence-corrected chi connectivity index (χ0v) is 17.0. The lowest BCUT2D eigenvalue weighted by molar-refractivity contribution is -0.135. The molecule has 0 bridgehead atoms. The zero-order valence-electron chi connectivity index (χ0n) is 15.4. The summed E-state index contributed by atoms with van der Waals surface area (Å²) in [7, 11) is 1.52. The number of ketones is 1. The van der Waals surface area contributed by atoms with E-state index >= 15 is 0 Å². The number of methoxy groups -OCH3 is 1. The first kappa shape index (κ1) is 19.6. The minimum atomic E-state index is -1.87. The van der Waals surface area contributed by atoms with Crippen molar-refractivity contribution in [2.75, 3.05) is 18.6 Å². The molecule has 142 valence electrons. The number of amides is 1. The Morgan fingerprint density at radius 2 is 2.04 bits per heavy atom.